The van der Waals surface area contributed by atoms with Crippen LogP contribution in [0.1, 0.15) is 16.2 Å². The van der Waals surface area contributed by atoms with Gasteiger partial charge < -0.3 is 10.1 Å². The molecule has 1 amide bonds. The normalized spacial score (nSPS) is 10.5. The molecular formula is C17H14ClN5O4. The van der Waals surface area contributed by atoms with Gasteiger partial charge in [-0.05, 0) is 31.2 Å². The average Bonchev–Trinajstić information content (AvgIpc) is 3.03. The molecule has 0 saturated carbocycles. The molecule has 1 aromatic heterocycles. The number of nitro groups is 1. The molecule has 0 aliphatic carbocycles. The van der Waals surface area contributed by atoms with Gasteiger partial charge in [-0.2, -0.15) is 0 Å². The number of rotatable bonds is 5. The second kappa shape index (κ2) is 7.42. The van der Waals surface area contributed by atoms with Crippen LogP contribution < -0.4 is 10.1 Å². The third kappa shape index (κ3) is 3.72. The summed E-state index contributed by atoms with van der Waals surface area (Å²) in [5, 5.41) is 21.8. The molecule has 2 aromatic carbocycles. The minimum absolute atomic E-state index is 0.0822. The molecule has 0 spiro atoms. The molecular weight excluding hydrogens is 374 g/mol. The van der Waals surface area contributed by atoms with Gasteiger partial charge in [-0.15, -0.1) is 5.10 Å². The number of carbonyl (C=O) groups excluding carboxylic acids is 1. The molecule has 0 bridgehead atoms. The lowest BCUT2D eigenvalue weighted by molar-refractivity contribution is -0.384. The summed E-state index contributed by atoms with van der Waals surface area (Å²) in [6.45, 7) is 1.65. The third-order valence-electron chi connectivity index (χ3n) is 3.80. The van der Waals surface area contributed by atoms with Crippen molar-refractivity contribution in [2.24, 2.45) is 0 Å². The molecule has 0 aliphatic rings. The van der Waals surface area contributed by atoms with Crippen molar-refractivity contribution in [1.29, 1.82) is 0 Å². The summed E-state index contributed by atoms with van der Waals surface area (Å²) >= 11 is 6.05. The van der Waals surface area contributed by atoms with E-state index >= 15 is 0 Å². The van der Waals surface area contributed by atoms with Crippen LogP contribution in [0.15, 0.2) is 42.5 Å². The van der Waals surface area contributed by atoms with E-state index in [1.54, 1.807) is 31.2 Å². The fourth-order valence-corrected chi connectivity index (χ4v) is 2.71. The van der Waals surface area contributed by atoms with E-state index in [1.165, 1.54) is 30.0 Å². The molecule has 138 valence electrons. The first-order valence-electron chi connectivity index (χ1n) is 7.72. The van der Waals surface area contributed by atoms with Crippen LogP contribution in [-0.2, 0) is 0 Å². The van der Waals surface area contributed by atoms with Gasteiger partial charge in [0.2, 0.25) is 0 Å². The molecule has 27 heavy (non-hydrogen) atoms. The van der Waals surface area contributed by atoms with Crippen LogP contribution in [0.5, 0.6) is 5.75 Å². The fourth-order valence-electron chi connectivity index (χ4n) is 2.46. The Kier molecular flexibility index (Phi) is 5.04. The lowest BCUT2D eigenvalue weighted by Gasteiger charge is -2.07. The molecule has 0 saturated heterocycles. The number of benzene rings is 2. The van der Waals surface area contributed by atoms with Crippen molar-refractivity contribution in [2.75, 3.05) is 12.4 Å². The second-order valence-electron chi connectivity index (χ2n) is 5.52. The number of carbonyl (C=O) groups is 1. The summed E-state index contributed by atoms with van der Waals surface area (Å²) in [6.07, 6.45) is 0. The van der Waals surface area contributed by atoms with Crippen molar-refractivity contribution in [2.45, 2.75) is 6.92 Å². The van der Waals surface area contributed by atoms with E-state index in [-0.39, 0.29) is 11.4 Å². The van der Waals surface area contributed by atoms with Gasteiger partial charge in [-0.25, -0.2) is 4.68 Å². The first kappa shape index (κ1) is 18.3. The van der Waals surface area contributed by atoms with Gasteiger partial charge in [0.05, 0.1) is 28.4 Å². The highest BCUT2D eigenvalue weighted by molar-refractivity contribution is 6.32. The van der Waals surface area contributed by atoms with Crippen LogP contribution in [0.2, 0.25) is 5.02 Å². The lowest BCUT2D eigenvalue weighted by atomic mass is 10.2. The molecule has 10 heteroatoms. The number of non-ortho nitro benzene ring substituents is 1. The predicted molar refractivity (Wildman–Crippen MR) is 98.7 cm³/mol. The number of anilines is 1. The van der Waals surface area contributed by atoms with Crippen LogP contribution in [0.25, 0.3) is 5.69 Å². The first-order valence-corrected chi connectivity index (χ1v) is 8.10. The molecule has 0 unspecified atom stereocenters. The van der Waals surface area contributed by atoms with Gasteiger partial charge in [-0.3, -0.25) is 14.9 Å². The van der Waals surface area contributed by atoms with E-state index in [0.29, 0.717) is 27.8 Å². The summed E-state index contributed by atoms with van der Waals surface area (Å²) in [5.41, 5.74) is 1.35. The highest BCUT2D eigenvalue weighted by Crippen LogP contribution is 2.27. The zero-order valence-corrected chi connectivity index (χ0v) is 15.1. The van der Waals surface area contributed by atoms with E-state index in [9.17, 15) is 14.9 Å². The zero-order valence-electron chi connectivity index (χ0n) is 14.3. The van der Waals surface area contributed by atoms with Gasteiger partial charge in [0, 0.05) is 17.8 Å². The van der Waals surface area contributed by atoms with E-state index in [0.717, 1.165) is 0 Å². The van der Waals surface area contributed by atoms with E-state index in [4.69, 9.17) is 16.3 Å². The number of amides is 1. The quantitative estimate of drug-likeness (QED) is 0.530. The summed E-state index contributed by atoms with van der Waals surface area (Å²) in [4.78, 5) is 22.9. The Labute approximate surface area is 158 Å². The third-order valence-corrected chi connectivity index (χ3v) is 4.10. The minimum Gasteiger partial charge on any atom is -0.495 e. The number of hydrogen-bond acceptors (Lipinski definition) is 6. The highest BCUT2D eigenvalue weighted by atomic mass is 35.5. The summed E-state index contributed by atoms with van der Waals surface area (Å²) in [7, 11) is 1.50. The Bertz CT molecular complexity index is 1030. The monoisotopic (exact) mass is 387 g/mol. The molecule has 0 fully saturated rings. The van der Waals surface area contributed by atoms with Gasteiger partial charge in [-0.1, -0.05) is 22.9 Å². The fraction of sp³-hybridized carbons (Fsp3) is 0.118. The van der Waals surface area contributed by atoms with Crippen molar-refractivity contribution in [3.63, 3.8) is 0 Å². The molecule has 9 nitrogen and oxygen atoms in total. The largest absolute Gasteiger partial charge is 0.495 e. The maximum absolute atomic E-state index is 12.5. The van der Waals surface area contributed by atoms with Gasteiger partial charge in [0.25, 0.3) is 11.6 Å². The van der Waals surface area contributed by atoms with E-state index in [2.05, 4.69) is 15.6 Å². The maximum Gasteiger partial charge on any atom is 0.278 e. The Morgan fingerprint density at radius 3 is 2.74 bits per heavy atom. The summed E-state index contributed by atoms with van der Waals surface area (Å²) < 4.78 is 6.43. The molecule has 3 aromatic rings. The van der Waals surface area contributed by atoms with Crippen LogP contribution in [0.4, 0.5) is 11.4 Å². The number of nitrogens with one attached hydrogen (secondary N) is 1. The van der Waals surface area contributed by atoms with Crippen molar-refractivity contribution >= 4 is 28.9 Å². The smallest absolute Gasteiger partial charge is 0.278 e. The number of nitrogens with zero attached hydrogens (tertiary/aromatic N) is 4. The van der Waals surface area contributed by atoms with Gasteiger partial charge in [0.15, 0.2) is 5.69 Å². The number of nitro benzene ring substituents is 1. The van der Waals surface area contributed by atoms with E-state index < -0.39 is 10.8 Å². The maximum atomic E-state index is 12.5. The van der Waals surface area contributed by atoms with Gasteiger partial charge in [0.1, 0.15) is 5.75 Å². The minimum atomic E-state index is -0.503. The summed E-state index contributed by atoms with van der Waals surface area (Å²) in [5.74, 6) is 0.00729. The Balaban J connectivity index is 1.86. The van der Waals surface area contributed by atoms with Crippen LogP contribution in [0.3, 0.4) is 0 Å². The Morgan fingerprint density at radius 2 is 2.07 bits per heavy atom. The Hall–Kier alpha value is -3.46. The molecule has 3 rings (SSSR count). The average molecular weight is 388 g/mol. The SMILES string of the molecule is COc1ccc(NC(=O)c2nnn(-c3cccc([N+](=O)[O-])c3)c2C)cc1Cl. The van der Waals surface area contributed by atoms with E-state index in [1.807, 2.05) is 0 Å². The highest BCUT2D eigenvalue weighted by Gasteiger charge is 2.19. The number of aromatic nitrogens is 3. The van der Waals surface area contributed by atoms with Crippen LogP contribution in [0, 0.1) is 17.0 Å². The second-order valence-corrected chi connectivity index (χ2v) is 5.92. The molecule has 1 N–H and O–H groups in total. The van der Waals surface area contributed by atoms with Crippen molar-refractivity contribution in [3.8, 4) is 11.4 Å². The molecule has 0 aliphatic heterocycles. The topological polar surface area (TPSA) is 112 Å². The number of methoxy groups -OCH3 is 1. The van der Waals surface area contributed by atoms with Crippen molar-refractivity contribution in [1.82, 2.24) is 15.0 Å². The van der Waals surface area contributed by atoms with Crippen LogP contribution >= 0.6 is 11.6 Å². The molecule has 0 atom stereocenters. The zero-order chi connectivity index (χ0) is 19.6. The predicted octanol–water partition coefficient (Wildman–Crippen LogP) is 3.40. The van der Waals surface area contributed by atoms with Crippen molar-refractivity contribution in [3.05, 3.63) is 69.0 Å². The first-order chi connectivity index (χ1) is 12.9. The molecule has 1 heterocycles. The Morgan fingerprint density at radius 1 is 1.30 bits per heavy atom. The van der Waals surface area contributed by atoms with Crippen molar-refractivity contribution < 1.29 is 14.5 Å². The van der Waals surface area contributed by atoms with Gasteiger partial charge >= 0.3 is 0 Å². The standard InChI is InChI=1S/C17H14ClN5O4/c1-10-16(17(24)19-11-6-7-15(27-2)14(18)8-11)20-21-22(10)12-4-3-5-13(9-12)23(25)26/h3-9H,1-2H3,(H,19,24). The lowest BCUT2D eigenvalue weighted by Crippen LogP contribution is -2.14. The number of halogens is 1. The van der Waals surface area contributed by atoms with Crippen LogP contribution in [-0.4, -0.2) is 32.9 Å². The number of hydrogen-bond donors (Lipinski definition) is 1. The molecule has 0 radical (unpaired) electrons. The summed E-state index contributed by atoms with van der Waals surface area (Å²) in [6, 6.07) is 10.7. The number of ether oxygens (including phenoxy) is 1.